The number of anilines is 2. The van der Waals surface area contributed by atoms with Crippen molar-refractivity contribution >= 4 is 27.3 Å². The van der Waals surface area contributed by atoms with Crippen LogP contribution in [0.15, 0.2) is 72.8 Å². The van der Waals surface area contributed by atoms with Crippen LogP contribution in [0.5, 0.6) is 0 Å². The van der Waals surface area contributed by atoms with E-state index in [0.29, 0.717) is 24.1 Å². The maximum Gasteiger partial charge on any atom is 0.236 e. The molecule has 0 aromatic heterocycles. The number of hydrogen-bond acceptors (Lipinski definition) is 3. The van der Waals surface area contributed by atoms with E-state index in [1.807, 2.05) is 12.1 Å². The zero-order valence-corrected chi connectivity index (χ0v) is 21.7. The van der Waals surface area contributed by atoms with E-state index in [-0.39, 0.29) is 17.0 Å². The van der Waals surface area contributed by atoms with Crippen molar-refractivity contribution in [3.63, 3.8) is 0 Å². The highest BCUT2D eigenvalue weighted by atomic mass is 32.2. The van der Waals surface area contributed by atoms with Crippen molar-refractivity contribution in [1.29, 1.82) is 0 Å². The number of aryl methyl sites for hydroxylation is 1. The fourth-order valence-corrected chi connectivity index (χ4v) is 4.87. The highest BCUT2D eigenvalue weighted by Crippen LogP contribution is 2.32. The lowest BCUT2D eigenvalue weighted by atomic mass is 9.86. The first-order chi connectivity index (χ1) is 16.4. The zero-order chi connectivity index (χ0) is 25.8. The van der Waals surface area contributed by atoms with Gasteiger partial charge in [0.1, 0.15) is 5.82 Å². The molecule has 1 amide bonds. The van der Waals surface area contributed by atoms with Crippen LogP contribution in [-0.4, -0.2) is 20.6 Å². The fourth-order valence-electron chi connectivity index (χ4n) is 3.86. The van der Waals surface area contributed by atoms with Crippen LogP contribution in [-0.2, 0) is 26.7 Å². The molecule has 7 heteroatoms. The second kappa shape index (κ2) is 10.6. The Bertz CT molecular complexity index is 1270. The molecule has 5 nitrogen and oxygen atoms in total. The molecule has 0 fully saturated rings. The average Bonchev–Trinajstić information content (AvgIpc) is 2.78. The van der Waals surface area contributed by atoms with Crippen molar-refractivity contribution < 1.29 is 17.6 Å². The van der Waals surface area contributed by atoms with Gasteiger partial charge in [-0.05, 0) is 59.7 Å². The number of halogens is 1. The third-order valence-corrected chi connectivity index (χ3v) is 6.92. The van der Waals surface area contributed by atoms with Crippen LogP contribution in [0.2, 0.25) is 0 Å². The van der Waals surface area contributed by atoms with E-state index in [1.165, 1.54) is 17.7 Å². The first kappa shape index (κ1) is 26.4. The van der Waals surface area contributed by atoms with E-state index in [2.05, 4.69) is 38.2 Å². The molecule has 1 atom stereocenters. The first-order valence-electron chi connectivity index (χ1n) is 11.6. The average molecular weight is 497 g/mol. The summed E-state index contributed by atoms with van der Waals surface area (Å²) in [6.07, 6.45) is 1.96. The van der Waals surface area contributed by atoms with Crippen LogP contribution in [0.4, 0.5) is 15.8 Å². The normalized spacial score (nSPS) is 12.7. The molecule has 3 aromatic rings. The number of nitrogens with zero attached hydrogens (tertiary/aromatic N) is 1. The van der Waals surface area contributed by atoms with Crippen LogP contribution in [0.1, 0.15) is 56.8 Å². The smallest absolute Gasteiger partial charge is 0.236 e. The molecule has 0 aliphatic carbocycles. The lowest BCUT2D eigenvalue weighted by Gasteiger charge is -2.24. The van der Waals surface area contributed by atoms with Gasteiger partial charge in [0, 0.05) is 6.42 Å². The highest BCUT2D eigenvalue weighted by molar-refractivity contribution is 7.92. The fraction of sp³-hybridized carbons (Fsp3) is 0.321. The maximum atomic E-state index is 15.1. The number of benzene rings is 3. The molecule has 0 radical (unpaired) electrons. The molecular weight excluding hydrogens is 463 g/mol. The standard InChI is InChI=1S/C28H33FN2O3S/c1-20(30-27(32)18-13-21-11-15-23(16-12-21)28(2,3)4)22-14-17-26(25(29)19-22)31(35(5,33)34)24-9-7-6-8-10-24/h6-12,14-17,19-20H,13,18H2,1-5H3,(H,30,32). The Hall–Kier alpha value is -3.19. The number of para-hydroxylation sites is 1. The Morgan fingerprint density at radius 1 is 1.00 bits per heavy atom. The van der Waals surface area contributed by atoms with Crippen LogP contribution in [0.25, 0.3) is 0 Å². The van der Waals surface area contributed by atoms with E-state index in [4.69, 9.17) is 0 Å². The minimum atomic E-state index is -3.77. The van der Waals surface area contributed by atoms with E-state index in [9.17, 15) is 13.2 Å². The van der Waals surface area contributed by atoms with E-state index >= 15 is 4.39 Å². The molecule has 3 aromatic carbocycles. The van der Waals surface area contributed by atoms with Crippen molar-refractivity contribution in [2.24, 2.45) is 0 Å². The van der Waals surface area contributed by atoms with Crippen LogP contribution in [0, 0.1) is 5.82 Å². The number of amides is 1. The Labute approximate surface area is 208 Å². The third-order valence-electron chi connectivity index (χ3n) is 5.85. The molecule has 35 heavy (non-hydrogen) atoms. The molecular formula is C28H33FN2O3S. The Kier molecular flexibility index (Phi) is 8.00. The number of hydrogen-bond donors (Lipinski definition) is 1. The van der Waals surface area contributed by atoms with Gasteiger partial charge in [0.05, 0.1) is 23.7 Å². The summed E-state index contributed by atoms with van der Waals surface area (Å²) < 4.78 is 40.9. The summed E-state index contributed by atoms with van der Waals surface area (Å²) in [5, 5.41) is 2.90. The highest BCUT2D eigenvalue weighted by Gasteiger charge is 2.23. The molecule has 0 heterocycles. The van der Waals surface area contributed by atoms with Gasteiger partial charge in [-0.2, -0.15) is 0 Å². The minimum absolute atomic E-state index is 0.0697. The van der Waals surface area contributed by atoms with Gasteiger partial charge in [-0.3, -0.25) is 4.79 Å². The second-order valence-corrected chi connectivity index (χ2v) is 11.6. The summed E-state index contributed by atoms with van der Waals surface area (Å²) in [6, 6.07) is 20.5. The van der Waals surface area contributed by atoms with Crippen LogP contribution >= 0.6 is 0 Å². The van der Waals surface area contributed by atoms with Gasteiger partial charge >= 0.3 is 0 Å². The SMILES string of the molecule is CC(NC(=O)CCc1ccc(C(C)(C)C)cc1)c1ccc(N(c2ccccc2)S(C)(=O)=O)c(F)c1. The van der Waals surface area contributed by atoms with Gasteiger partial charge < -0.3 is 5.32 Å². The number of carbonyl (C=O) groups is 1. The van der Waals surface area contributed by atoms with Gasteiger partial charge in [0.25, 0.3) is 0 Å². The molecule has 0 aliphatic rings. The summed E-state index contributed by atoms with van der Waals surface area (Å²) in [5.41, 5.74) is 3.23. The van der Waals surface area contributed by atoms with Gasteiger partial charge in [0.2, 0.25) is 15.9 Å². The van der Waals surface area contributed by atoms with Gasteiger partial charge in [-0.15, -0.1) is 0 Å². The largest absolute Gasteiger partial charge is 0.350 e. The number of nitrogens with one attached hydrogen (secondary N) is 1. The molecule has 0 saturated heterocycles. The molecule has 0 saturated carbocycles. The van der Waals surface area contributed by atoms with Crippen LogP contribution < -0.4 is 9.62 Å². The van der Waals surface area contributed by atoms with Crippen molar-refractivity contribution in [3.8, 4) is 0 Å². The first-order valence-corrected chi connectivity index (χ1v) is 13.4. The quantitative estimate of drug-likeness (QED) is 0.414. The monoisotopic (exact) mass is 496 g/mol. The van der Waals surface area contributed by atoms with E-state index in [0.717, 1.165) is 16.1 Å². The van der Waals surface area contributed by atoms with E-state index in [1.54, 1.807) is 43.3 Å². The van der Waals surface area contributed by atoms with Crippen molar-refractivity contribution in [2.75, 3.05) is 10.6 Å². The Morgan fingerprint density at radius 2 is 1.63 bits per heavy atom. The molecule has 3 rings (SSSR count). The predicted molar refractivity (Wildman–Crippen MR) is 140 cm³/mol. The van der Waals surface area contributed by atoms with Crippen molar-refractivity contribution in [2.45, 2.75) is 52.0 Å². The van der Waals surface area contributed by atoms with Crippen molar-refractivity contribution in [3.05, 3.63) is 95.3 Å². The number of sulfonamides is 1. The third kappa shape index (κ3) is 6.92. The van der Waals surface area contributed by atoms with E-state index < -0.39 is 21.9 Å². The van der Waals surface area contributed by atoms with Crippen LogP contribution in [0.3, 0.4) is 0 Å². The van der Waals surface area contributed by atoms with Crippen molar-refractivity contribution in [1.82, 2.24) is 5.32 Å². The summed E-state index contributed by atoms with van der Waals surface area (Å²) in [6.45, 7) is 8.25. The maximum absolute atomic E-state index is 15.1. The minimum Gasteiger partial charge on any atom is -0.350 e. The Morgan fingerprint density at radius 3 is 2.17 bits per heavy atom. The number of carbonyl (C=O) groups excluding carboxylic acids is 1. The number of rotatable bonds is 8. The molecule has 1 N–H and O–H groups in total. The zero-order valence-electron chi connectivity index (χ0n) is 20.9. The topological polar surface area (TPSA) is 66.5 Å². The summed E-state index contributed by atoms with van der Waals surface area (Å²) in [7, 11) is -3.77. The van der Waals surface area contributed by atoms with Gasteiger partial charge in [0.15, 0.2) is 0 Å². The molecule has 0 spiro atoms. The molecule has 0 aliphatic heterocycles. The summed E-state index contributed by atoms with van der Waals surface area (Å²) in [5.74, 6) is -0.819. The Balaban J connectivity index is 1.67. The lowest BCUT2D eigenvalue weighted by Crippen LogP contribution is -2.28. The van der Waals surface area contributed by atoms with Gasteiger partial charge in [-0.25, -0.2) is 17.1 Å². The lowest BCUT2D eigenvalue weighted by molar-refractivity contribution is -0.121. The second-order valence-electron chi connectivity index (χ2n) is 9.81. The van der Waals surface area contributed by atoms with Gasteiger partial charge in [-0.1, -0.05) is 69.3 Å². The molecule has 186 valence electrons. The summed E-state index contributed by atoms with van der Waals surface area (Å²) in [4.78, 5) is 12.5. The summed E-state index contributed by atoms with van der Waals surface area (Å²) >= 11 is 0. The molecule has 1 unspecified atom stereocenters. The molecule has 0 bridgehead atoms. The predicted octanol–water partition coefficient (Wildman–Crippen LogP) is 6.03.